The fourth-order valence-electron chi connectivity index (χ4n) is 1.94. The molecule has 0 saturated carbocycles. The van der Waals surface area contributed by atoms with Crippen LogP contribution in [0.3, 0.4) is 0 Å². The number of carbonyl (C=O) groups is 1. The molecule has 0 aromatic heterocycles. The van der Waals surface area contributed by atoms with Crippen LogP contribution in [-0.2, 0) is 4.79 Å². The van der Waals surface area contributed by atoms with Crippen molar-refractivity contribution in [2.45, 2.75) is 46.5 Å². The van der Waals surface area contributed by atoms with Gasteiger partial charge in [-0.25, -0.2) is 0 Å². The Morgan fingerprint density at radius 3 is 2.85 bits per heavy atom. The Labute approximate surface area is 81.2 Å². The Morgan fingerprint density at radius 1 is 1.54 bits per heavy atom. The summed E-state index contributed by atoms with van der Waals surface area (Å²) in [6.07, 6.45) is 8.31. The fraction of sp³-hybridized carbons (Fsp3) is 0.750. The van der Waals surface area contributed by atoms with E-state index in [1.54, 1.807) is 6.08 Å². The molecule has 1 nitrogen and oxygen atoms in total. The van der Waals surface area contributed by atoms with Gasteiger partial charge in [-0.3, -0.25) is 4.79 Å². The summed E-state index contributed by atoms with van der Waals surface area (Å²) in [6, 6.07) is 0. The Balaban J connectivity index is 2.56. The topological polar surface area (TPSA) is 17.1 Å². The van der Waals surface area contributed by atoms with E-state index in [9.17, 15) is 4.79 Å². The molecule has 1 unspecified atom stereocenters. The molecule has 0 radical (unpaired) electrons. The van der Waals surface area contributed by atoms with Crippen LogP contribution >= 0.6 is 0 Å². The maximum Gasteiger partial charge on any atom is 0.158 e. The van der Waals surface area contributed by atoms with E-state index in [0.29, 0.717) is 11.7 Å². The van der Waals surface area contributed by atoms with Crippen molar-refractivity contribution < 1.29 is 4.79 Å². The van der Waals surface area contributed by atoms with Crippen LogP contribution in [0.2, 0.25) is 0 Å². The molecule has 0 bridgehead atoms. The van der Waals surface area contributed by atoms with Gasteiger partial charge in [0.2, 0.25) is 0 Å². The molecule has 0 heterocycles. The van der Waals surface area contributed by atoms with Gasteiger partial charge in [0.25, 0.3) is 0 Å². The third-order valence-electron chi connectivity index (χ3n) is 2.78. The normalized spacial score (nSPS) is 26.4. The summed E-state index contributed by atoms with van der Waals surface area (Å²) in [5, 5.41) is 0. The number of unbranched alkanes of at least 4 members (excludes halogenated alkanes) is 1. The lowest BCUT2D eigenvalue weighted by molar-refractivity contribution is -0.119. The van der Waals surface area contributed by atoms with Crippen molar-refractivity contribution in [3.63, 3.8) is 0 Å². The van der Waals surface area contributed by atoms with Crippen LogP contribution < -0.4 is 0 Å². The maximum atomic E-state index is 11.5. The minimum Gasteiger partial charge on any atom is -0.295 e. The summed E-state index contributed by atoms with van der Waals surface area (Å²) in [6.45, 7) is 6.58. The van der Waals surface area contributed by atoms with Crippen LogP contribution in [-0.4, -0.2) is 5.78 Å². The minimum absolute atomic E-state index is 0.228. The summed E-state index contributed by atoms with van der Waals surface area (Å²) in [5.41, 5.74) is 0.228. The standard InChI is InChI=1S/C12H20O/c1-4-5-6-10-9-12(2,3)8-7-11(10)13/h7-8,10H,4-6,9H2,1-3H3. The Kier molecular flexibility index (Phi) is 3.29. The molecular formula is C12H20O. The number of allylic oxidation sites excluding steroid dienone is 2. The largest absolute Gasteiger partial charge is 0.295 e. The molecular weight excluding hydrogens is 160 g/mol. The number of carbonyl (C=O) groups excluding carboxylic acids is 1. The summed E-state index contributed by atoms with van der Waals surface area (Å²) < 4.78 is 0. The first-order valence-corrected chi connectivity index (χ1v) is 5.28. The molecule has 0 amide bonds. The van der Waals surface area contributed by atoms with Gasteiger partial charge in [-0.05, 0) is 24.3 Å². The van der Waals surface area contributed by atoms with Crippen LogP contribution in [0.5, 0.6) is 0 Å². The van der Waals surface area contributed by atoms with Crippen LogP contribution in [0.25, 0.3) is 0 Å². The third kappa shape index (κ3) is 2.98. The highest BCUT2D eigenvalue weighted by Gasteiger charge is 2.28. The molecule has 13 heavy (non-hydrogen) atoms. The van der Waals surface area contributed by atoms with E-state index in [2.05, 4.69) is 26.8 Å². The van der Waals surface area contributed by atoms with Gasteiger partial charge in [0.05, 0.1) is 0 Å². The minimum atomic E-state index is 0.228. The highest BCUT2D eigenvalue weighted by atomic mass is 16.1. The number of hydrogen-bond donors (Lipinski definition) is 0. The van der Waals surface area contributed by atoms with Gasteiger partial charge in [0.15, 0.2) is 5.78 Å². The van der Waals surface area contributed by atoms with Gasteiger partial charge < -0.3 is 0 Å². The zero-order valence-corrected chi connectivity index (χ0v) is 8.97. The van der Waals surface area contributed by atoms with E-state index in [1.807, 2.05) is 0 Å². The average molecular weight is 180 g/mol. The van der Waals surface area contributed by atoms with Crippen molar-refractivity contribution in [3.05, 3.63) is 12.2 Å². The Hall–Kier alpha value is -0.590. The lowest BCUT2D eigenvalue weighted by Crippen LogP contribution is -2.25. The first-order valence-electron chi connectivity index (χ1n) is 5.28. The summed E-state index contributed by atoms with van der Waals surface area (Å²) in [4.78, 5) is 11.5. The van der Waals surface area contributed by atoms with Crippen molar-refractivity contribution >= 4 is 5.78 Å². The lowest BCUT2D eigenvalue weighted by atomic mass is 9.75. The highest BCUT2D eigenvalue weighted by molar-refractivity contribution is 5.92. The van der Waals surface area contributed by atoms with Crippen LogP contribution in [0.15, 0.2) is 12.2 Å². The molecule has 0 fully saturated rings. The van der Waals surface area contributed by atoms with Gasteiger partial charge >= 0.3 is 0 Å². The number of ketones is 1. The lowest BCUT2D eigenvalue weighted by Gasteiger charge is -2.29. The molecule has 0 aliphatic heterocycles. The first kappa shape index (κ1) is 10.5. The van der Waals surface area contributed by atoms with E-state index in [0.717, 1.165) is 12.8 Å². The number of rotatable bonds is 3. The van der Waals surface area contributed by atoms with Crippen LogP contribution in [0.1, 0.15) is 46.5 Å². The van der Waals surface area contributed by atoms with E-state index in [1.165, 1.54) is 12.8 Å². The molecule has 74 valence electrons. The van der Waals surface area contributed by atoms with E-state index < -0.39 is 0 Å². The Morgan fingerprint density at radius 2 is 2.23 bits per heavy atom. The smallest absolute Gasteiger partial charge is 0.158 e. The van der Waals surface area contributed by atoms with Gasteiger partial charge in [0, 0.05) is 5.92 Å². The monoisotopic (exact) mass is 180 g/mol. The highest BCUT2D eigenvalue weighted by Crippen LogP contribution is 2.34. The second-order valence-electron chi connectivity index (χ2n) is 4.77. The van der Waals surface area contributed by atoms with Gasteiger partial charge in [-0.1, -0.05) is 39.7 Å². The zero-order valence-electron chi connectivity index (χ0n) is 8.97. The van der Waals surface area contributed by atoms with Crippen molar-refractivity contribution in [2.75, 3.05) is 0 Å². The predicted molar refractivity (Wildman–Crippen MR) is 55.6 cm³/mol. The van der Waals surface area contributed by atoms with Crippen molar-refractivity contribution in [1.29, 1.82) is 0 Å². The molecule has 1 rings (SSSR count). The molecule has 0 N–H and O–H groups in total. The molecule has 1 heteroatoms. The predicted octanol–water partition coefficient (Wildman–Crippen LogP) is 3.35. The van der Waals surface area contributed by atoms with Crippen molar-refractivity contribution in [3.8, 4) is 0 Å². The van der Waals surface area contributed by atoms with Crippen LogP contribution in [0.4, 0.5) is 0 Å². The van der Waals surface area contributed by atoms with E-state index in [4.69, 9.17) is 0 Å². The Bertz CT molecular complexity index is 213. The maximum absolute atomic E-state index is 11.5. The summed E-state index contributed by atoms with van der Waals surface area (Å²) >= 11 is 0. The van der Waals surface area contributed by atoms with Gasteiger partial charge in [-0.2, -0.15) is 0 Å². The molecule has 1 atom stereocenters. The van der Waals surface area contributed by atoms with Crippen molar-refractivity contribution in [2.24, 2.45) is 11.3 Å². The molecule has 0 aromatic rings. The second-order valence-corrected chi connectivity index (χ2v) is 4.77. The first-order chi connectivity index (χ1) is 6.05. The fourth-order valence-corrected chi connectivity index (χ4v) is 1.94. The molecule has 0 spiro atoms. The van der Waals surface area contributed by atoms with Crippen LogP contribution in [0, 0.1) is 11.3 Å². The van der Waals surface area contributed by atoms with E-state index in [-0.39, 0.29) is 5.41 Å². The number of hydrogen-bond acceptors (Lipinski definition) is 1. The van der Waals surface area contributed by atoms with Crippen molar-refractivity contribution in [1.82, 2.24) is 0 Å². The van der Waals surface area contributed by atoms with Gasteiger partial charge in [0.1, 0.15) is 0 Å². The van der Waals surface area contributed by atoms with Gasteiger partial charge in [-0.15, -0.1) is 0 Å². The molecule has 0 aromatic carbocycles. The summed E-state index contributed by atoms with van der Waals surface area (Å²) in [5.74, 6) is 0.632. The molecule has 0 saturated heterocycles. The zero-order chi connectivity index (χ0) is 9.90. The average Bonchev–Trinajstić information content (AvgIpc) is 2.07. The molecule has 1 aliphatic carbocycles. The molecule has 1 aliphatic rings. The summed E-state index contributed by atoms with van der Waals surface area (Å²) in [7, 11) is 0. The second kappa shape index (κ2) is 4.08. The van der Waals surface area contributed by atoms with E-state index >= 15 is 0 Å². The third-order valence-corrected chi connectivity index (χ3v) is 2.78. The quantitative estimate of drug-likeness (QED) is 0.651. The SMILES string of the molecule is CCCCC1CC(C)(C)C=CC1=O.